The second-order valence-electron chi connectivity index (χ2n) is 7.59. The predicted octanol–water partition coefficient (Wildman–Crippen LogP) is 4.04. The van der Waals surface area contributed by atoms with Crippen molar-refractivity contribution in [2.75, 3.05) is 38.3 Å². The third-order valence-electron chi connectivity index (χ3n) is 5.27. The van der Waals surface area contributed by atoms with Crippen LogP contribution in [0.15, 0.2) is 36.4 Å². The average Bonchev–Trinajstić information content (AvgIpc) is 2.70. The van der Waals surface area contributed by atoms with Gasteiger partial charge in [0.15, 0.2) is 11.6 Å². The van der Waals surface area contributed by atoms with Crippen LogP contribution in [0.25, 0.3) is 0 Å². The summed E-state index contributed by atoms with van der Waals surface area (Å²) < 4.78 is 0. The van der Waals surface area contributed by atoms with Gasteiger partial charge in [-0.05, 0) is 45.6 Å². The molecule has 5 nitrogen and oxygen atoms in total. The fourth-order valence-electron chi connectivity index (χ4n) is 3.82. The molecule has 5 heteroatoms. The highest BCUT2D eigenvalue weighted by Gasteiger charge is 2.33. The van der Waals surface area contributed by atoms with Crippen molar-refractivity contribution >= 4 is 22.9 Å². The van der Waals surface area contributed by atoms with E-state index in [9.17, 15) is 9.59 Å². The van der Waals surface area contributed by atoms with Gasteiger partial charge in [-0.2, -0.15) is 0 Å². The van der Waals surface area contributed by atoms with Crippen molar-refractivity contribution in [1.29, 1.82) is 0 Å². The minimum atomic E-state index is -0.0986. The van der Waals surface area contributed by atoms with Crippen LogP contribution in [0.2, 0.25) is 0 Å². The molecule has 28 heavy (non-hydrogen) atoms. The number of carbonyl (C=O) groups excluding carboxylic acids is 2. The van der Waals surface area contributed by atoms with E-state index < -0.39 is 0 Å². The van der Waals surface area contributed by atoms with Gasteiger partial charge in [0.05, 0.1) is 11.1 Å². The zero-order valence-electron chi connectivity index (χ0n) is 17.1. The van der Waals surface area contributed by atoms with Crippen molar-refractivity contribution in [1.82, 2.24) is 4.90 Å². The lowest BCUT2D eigenvalue weighted by Crippen LogP contribution is -2.28. The fourth-order valence-corrected chi connectivity index (χ4v) is 3.82. The summed E-state index contributed by atoms with van der Waals surface area (Å²) in [6.07, 6.45) is 3.04. The van der Waals surface area contributed by atoms with Crippen LogP contribution in [-0.2, 0) is 0 Å². The first-order valence-corrected chi connectivity index (χ1v) is 9.92. The van der Waals surface area contributed by atoms with Crippen molar-refractivity contribution in [2.24, 2.45) is 0 Å². The van der Waals surface area contributed by atoms with Crippen LogP contribution < -0.4 is 10.6 Å². The molecule has 1 unspecified atom stereocenters. The molecule has 0 amide bonds. The van der Waals surface area contributed by atoms with Crippen molar-refractivity contribution < 1.29 is 9.59 Å². The Balaban J connectivity index is 2.05. The first kappa shape index (κ1) is 20.1. The van der Waals surface area contributed by atoms with Gasteiger partial charge in [-0.25, -0.2) is 0 Å². The van der Waals surface area contributed by atoms with Gasteiger partial charge >= 0.3 is 0 Å². The molecule has 0 heterocycles. The summed E-state index contributed by atoms with van der Waals surface area (Å²) in [7, 11) is 5.90. The van der Waals surface area contributed by atoms with E-state index in [2.05, 4.69) is 36.6 Å². The Bertz CT molecular complexity index is 889. The maximum Gasteiger partial charge on any atom is 0.196 e. The van der Waals surface area contributed by atoms with E-state index in [1.54, 1.807) is 31.3 Å². The molecule has 1 aliphatic carbocycles. The molecule has 148 valence electrons. The first-order valence-electron chi connectivity index (χ1n) is 9.92. The molecule has 2 aromatic rings. The van der Waals surface area contributed by atoms with Gasteiger partial charge in [-0.3, -0.25) is 9.59 Å². The van der Waals surface area contributed by atoms with Crippen LogP contribution in [0, 0.1) is 0 Å². The Kier molecular flexibility index (Phi) is 6.15. The average molecular weight is 380 g/mol. The molecule has 3 rings (SSSR count). The zero-order valence-corrected chi connectivity index (χ0v) is 17.1. The van der Waals surface area contributed by atoms with Crippen LogP contribution in [-0.4, -0.2) is 50.2 Å². The van der Waals surface area contributed by atoms with E-state index in [0.29, 0.717) is 27.9 Å². The molecule has 0 saturated heterocycles. The van der Waals surface area contributed by atoms with Crippen LogP contribution >= 0.6 is 0 Å². The number of hydrogen-bond acceptors (Lipinski definition) is 5. The van der Waals surface area contributed by atoms with Crippen molar-refractivity contribution in [3.63, 3.8) is 0 Å². The van der Waals surface area contributed by atoms with Gasteiger partial charge in [-0.15, -0.1) is 0 Å². The maximum absolute atomic E-state index is 13.3. The Hall–Kier alpha value is -2.66. The Morgan fingerprint density at radius 1 is 0.893 bits per heavy atom. The number of hydrogen-bond donors (Lipinski definition) is 2. The predicted molar refractivity (Wildman–Crippen MR) is 115 cm³/mol. The number of rotatable bonds is 8. The lowest BCUT2D eigenvalue weighted by atomic mass is 9.82. The molecule has 0 radical (unpaired) electrons. The molecule has 0 bridgehead atoms. The van der Waals surface area contributed by atoms with Gasteiger partial charge in [0.1, 0.15) is 0 Å². The molecule has 1 atom stereocenters. The summed E-state index contributed by atoms with van der Waals surface area (Å²) in [5.74, 6) is -0.189. The maximum atomic E-state index is 13.3. The summed E-state index contributed by atoms with van der Waals surface area (Å²) in [5.41, 5.74) is 3.36. The zero-order chi connectivity index (χ0) is 20.3. The topological polar surface area (TPSA) is 61.4 Å². The molecular formula is C23H29N3O2. The van der Waals surface area contributed by atoms with E-state index in [4.69, 9.17) is 0 Å². The molecule has 2 aromatic carbocycles. The molecular weight excluding hydrogens is 350 g/mol. The summed E-state index contributed by atoms with van der Waals surface area (Å²) in [5, 5.41) is 6.64. The van der Waals surface area contributed by atoms with Crippen LogP contribution in [0.3, 0.4) is 0 Å². The standard InChI is InChI=1S/C23H29N3O2/c1-5-8-15(13-14-26(3)4)25-19-12-11-18(24-2)20-21(19)23(28)17-10-7-6-9-16(17)22(20)27/h6-7,9-12,15,24-25H,5,8,13-14H2,1-4H3. The van der Waals surface area contributed by atoms with Crippen molar-refractivity contribution in [3.8, 4) is 0 Å². The number of carbonyl (C=O) groups is 2. The van der Waals surface area contributed by atoms with Gasteiger partial charge in [0.2, 0.25) is 0 Å². The lowest BCUT2D eigenvalue weighted by Gasteiger charge is -2.27. The highest BCUT2D eigenvalue weighted by atomic mass is 16.1. The quantitative estimate of drug-likeness (QED) is 0.619. The van der Waals surface area contributed by atoms with Gasteiger partial charge < -0.3 is 15.5 Å². The summed E-state index contributed by atoms with van der Waals surface area (Å²) in [4.78, 5) is 28.7. The van der Waals surface area contributed by atoms with E-state index in [1.807, 2.05) is 12.1 Å². The Labute approximate surface area is 167 Å². The SMILES string of the molecule is CCCC(CCN(C)C)Nc1ccc(NC)c2c1C(=O)c1ccccc1C2=O. The first-order chi connectivity index (χ1) is 13.5. The number of benzene rings is 2. The second kappa shape index (κ2) is 8.57. The van der Waals surface area contributed by atoms with E-state index >= 15 is 0 Å². The number of nitrogens with one attached hydrogen (secondary N) is 2. The van der Waals surface area contributed by atoms with Crippen LogP contribution in [0.1, 0.15) is 58.0 Å². The van der Waals surface area contributed by atoms with Crippen LogP contribution in [0.5, 0.6) is 0 Å². The van der Waals surface area contributed by atoms with Crippen molar-refractivity contribution in [3.05, 3.63) is 58.7 Å². The third kappa shape index (κ3) is 3.80. The monoisotopic (exact) mass is 379 g/mol. The van der Waals surface area contributed by atoms with Gasteiger partial charge in [0, 0.05) is 35.6 Å². The number of fused-ring (bicyclic) bond motifs is 2. The molecule has 0 fully saturated rings. The number of anilines is 2. The molecule has 0 aliphatic heterocycles. The number of ketones is 2. The van der Waals surface area contributed by atoms with Crippen molar-refractivity contribution in [2.45, 2.75) is 32.2 Å². The Morgan fingerprint density at radius 3 is 2.00 bits per heavy atom. The lowest BCUT2D eigenvalue weighted by molar-refractivity contribution is 0.0980. The van der Waals surface area contributed by atoms with Crippen LogP contribution in [0.4, 0.5) is 11.4 Å². The highest BCUT2D eigenvalue weighted by Crippen LogP contribution is 2.36. The minimum Gasteiger partial charge on any atom is -0.388 e. The third-order valence-corrected chi connectivity index (χ3v) is 5.27. The molecule has 0 spiro atoms. The molecule has 0 saturated carbocycles. The highest BCUT2D eigenvalue weighted by molar-refractivity contribution is 6.31. The van der Waals surface area contributed by atoms with Gasteiger partial charge in [0.25, 0.3) is 0 Å². The normalized spacial score (nSPS) is 13.9. The summed E-state index contributed by atoms with van der Waals surface area (Å²) in [6, 6.07) is 11.1. The number of nitrogens with zero attached hydrogens (tertiary/aromatic N) is 1. The smallest absolute Gasteiger partial charge is 0.196 e. The summed E-state index contributed by atoms with van der Waals surface area (Å²) >= 11 is 0. The largest absolute Gasteiger partial charge is 0.388 e. The van der Waals surface area contributed by atoms with Gasteiger partial charge in [-0.1, -0.05) is 37.6 Å². The molecule has 0 aromatic heterocycles. The van der Waals surface area contributed by atoms with E-state index in [0.717, 1.165) is 31.5 Å². The Morgan fingerprint density at radius 2 is 1.46 bits per heavy atom. The fraction of sp³-hybridized carbons (Fsp3) is 0.391. The molecule has 1 aliphatic rings. The second-order valence-corrected chi connectivity index (χ2v) is 7.59. The summed E-state index contributed by atoms with van der Waals surface area (Å²) in [6.45, 7) is 3.12. The molecule has 2 N–H and O–H groups in total. The van der Waals surface area contributed by atoms with E-state index in [1.165, 1.54) is 0 Å². The minimum absolute atomic E-state index is 0.0901. The van der Waals surface area contributed by atoms with E-state index in [-0.39, 0.29) is 17.6 Å².